The van der Waals surface area contributed by atoms with E-state index in [9.17, 15) is 4.79 Å². The van der Waals surface area contributed by atoms with Gasteiger partial charge in [-0.15, -0.1) is 0 Å². The summed E-state index contributed by atoms with van der Waals surface area (Å²) in [5.74, 6) is -0.0174. The van der Waals surface area contributed by atoms with E-state index in [4.69, 9.17) is 10.5 Å². The summed E-state index contributed by atoms with van der Waals surface area (Å²) >= 11 is 3.43. The highest BCUT2D eigenvalue weighted by atomic mass is 79.9. The molecule has 6 heteroatoms. The Kier molecular flexibility index (Phi) is 6.17. The number of anilines is 1. The number of benzene rings is 1. The molecular weight excluding hydrogens is 334 g/mol. The van der Waals surface area contributed by atoms with Crippen molar-refractivity contribution in [1.82, 2.24) is 4.90 Å². The van der Waals surface area contributed by atoms with Gasteiger partial charge in [-0.1, -0.05) is 12.1 Å². The number of piperidine rings is 1. The van der Waals surface area contributed by atoms with Gasteiger partial charge in [0.1, 0.15) is 0 Å². The topological polar surface area (TPSA) is 67.6 Å². The molecule has 1 heterocycles. The van der Waals surface area contributed by atoms with Crippen LogP contribution in [0.1, 0.15) is 12.8 Å². The minimum Gasteiger partial charge on any atom is -0.381 e. The standard InChI is InChI=1S/C15H22BrN3O2/c1-21-12-6-7-19(11(8-12)9-17)10-15(20)18-14-5-3-2-4-13(14)16/h2-5,11-12H,6-10,17H2,1H3,(H,18,20). The number of carbonyl (C=O) groups is 1. The van der Waals surface area contributed by atoms with Crippen LogP contribution in [-0.4, -0.2) is 49.7 Å². The maximum atomic E-state index is 12.2. The normalized spacial score (nSPS) is 23.0. The third kappa shape index (κ3) is 4.51. The van der Waals surface area contributed by atoms with Crippen LogP contribution in [0.4, 0.5) is 5.69 Å². The highest BCUT2D eigenvalue weighted by Gasteiger charge is 2.28. The lowest BCUT2D eigenvalue weighted by molar-refractivity contribution is -0.118. The van der Waals surface area contributed by atoms with Crippen molar-refractivity contribution in [3.8, 4) is 0 Å². The van der Waals surface area contributed by atoms with Crippen molar-refractivity contribution in [3.63, 3.8) is 0 Å². The molecule has 1 fully saturated rings. The molecular formula is C15H22BrN3O2. The zero-order chi connectivity index (χ0) is 15.2. The minimum absolute atomic E-state index is 0.0174. The number of amides is 1. The van der Waals surface area contributed by atoms with Crippen LogP contribution in [0.2, 0.25) is 0 Å². The second-order valence-electron chi connectivity index (χ2n) is 5.27. The molecule has 2 atom stereocenters. The molecule has 0 saturated carbocycles. The van der Waals surface area contributed by atoms with Crippen molar-refractivity contribution in [3.05, 3.63) is 28.7 Å². The van der Waals surface area contributed by atoms with Gasteiger partial charge in [-0.25, -0.2) is 0 Å². The lowest BCUT2D eigenvalue weighted by Gasteiger charge is -2.37. The Morgan fingerprint density at radius 1 is 1.52 bits per heavy atom. The molecule has 0 bridgehead atoms. The summed E-state index contributed by atoms with van der Waals surface area (Å²) in [6.45, 7) is 1.74. The fourth-order valence-corrected chi connectivity index (χ4v) is 3.05. The van der Waals surface area contributed by atoms with Crippen LogP contribution < -0.4 is 11.1 Å². The van der Waals surface area contributed by atoms with E-state index in [0.717, 1.165) is 29.5 Å². The van der Waals surface area contributed by atoms with Crippen molar-refractivity contribution in [2.24, 2.45) is 5.73 Å². The summed E-state index contributed by atoms with van der Waals surface area (Å²) in [7, 11) is 1.73. The first-order valence-electron chi connectivity index (χ1n) is 7.15. The fraction of sp³-hybridized carbons (Fsp3) is 0.533. The molecule has 116 valence electrons. The van der Waals surface area contributed by atoms with Crippen LogP contribution in [0, 0.1) is 0 Å². The van der Waals surface area contributed by atoms with E-state index in [2.05, 4.69) is 26.1 Å². The summed E-state index contributed by atoms with van der Waals surface area (Å²) in [6.07, 6.45) is 2.08. The Balaban J connectivity index is 1.91. The number of para-hydroxylation sites is 1. The lowest BCUT2D eigenvalue weighted by atomic mass is 9.99. The quantitative estimate of drug-likeness (QED) is 0.845. The maximum Gasteiger partial charge on any atom is 0.238 e. The van der Waals surface area contributed by atoms with E-state index in [0.29, 0.717) is 13.1 Å². The first-order valence-corrected chi connectivity index (χ1v) is 7.94. The first kappa shape index (κ1) is 16.4. The van der Waals surface area contributed by atoms with Crippen LogP contribution in [0.5, 0.6) is 0 Å². The van der Waals surface area contributed by atoms with E-state index in [-0.39, 0.29) is 18.1 Å². The number of carbonyl (C=O) groups excluding carboxylic acids is 1. The van der Waals surface area contributed by atoms with Crippen LogP contribution in [-0.2, 0) is 9.53 Å². The summed E-state index contributed by atoms with van der Waals surface area (Å²) in [4.78, 5) is 14.3. The van der Waals surface area contributed by atoms with Crippen molar-refractivity contribution in [1.29, 1.82) is 0 Å². The van der Waals surface area contributed by atoms with Gasteiger partial charge in [-0.2, -0.15) is 0 Å². The lowest BCUT2D eigenvalue weighted by Crippen LogP contribution is -2.50. The maximum absolute atomic E-state index is 12.2. The molecule has 21 heavy (non-hydrogen) atoms. The molecule has 3 N–H and O–H groups in total. The Morgan fingerprint density at radius 2 is 2.29 bits per heavy atom. The molecule has 0 aromatic heterocycles. The zero-order valence-corrected chi connectivity index (χ0v) is 13.8. The monoisotopic (exact) mass is 355 g/mol. The van der Waals surface area contributed by atoms with Crippen molar-refractivity contribution >= 4 is 27.5 Å². The molecule has 5 nitrogen and oxygen atoms in total. The summed E-state index contributed by atoms with van der Waals surface area (Å²) < 4.78 is 6.28. The van der Waals surface area contributed by atoms with Crippen molar-refractivity contribution in [2.75, 3.05) is 32.1 Å². The predicted octanol–water partition coefficient (Wildman–Crippen LogP) is 1.83. The number of halogens is 1. The molecule has 1 aliphatic rings. The summed E-state index contributed by atoms with van der Waals surface area (Å²) in [6, 6.07) is 7.79. The predicted molar refractivity (Wildman–Crippen MR) is 87.2 cm³/mol. The van der Waals surface area contributed by atoms with Gasteiger partial charge in [0.25, 0.3) is 0 Å². The van der Waals surface area contributed by atoms with Crippen molar-refractivity contribution in [2.45, 2.75) is 25.0 Å². The Bertz CT molecular complexity index is 484. The molecule has 1 aromatic carbocycles. The number of ether oxygens (including phenoxy) is 1. The molecule has 0 spiro atoms. The van der Waals surface area contributed by atoms with Crippen LogP contribution in [0.15, 0.2) is 28.7 Å². The fourth-order valence-electron chi connectivity index (χ4n) is 2.67. The van der Waals surface area contributed by atoms with Gasteiger partial charge in [-0.3, -0.25) is 9.69 Å². The Labute approximate surface area is 134 Å². The van der Waals surface area contributed by atoms with Gasteiger partial charge in [-0.05, 0) is 40.9 Å². The molecule has 1 amide bonds. The Morgan fingerprint density at radius 3 is 2.95 bits per heavy atom. The van der Waals surface area contributed by atoms with Crippen LogP contribution in [0.25, 0.3) is 0 Å². The zero-order valence-electron chi connectivity index (χ0n) is 12.2. The SMILES string of the molecule is COC1CCN(CC(=O)Nc2ccccc2Br)C(CN)C1. The van der Waals surface area contributed by atoms with Gasteiger partial charge in [0.15, 0.2) is 0 Å². The first-order chi connectivity index (χ1) is 10.1. The number of hydrogen-bond donors (Lipinski definition) is 2. The third-order valence-corrected chi connectivity index (χ3v) is 4.58. The molecule has 2 unspecified atom stereocenters. The van der Waals surface area contributed by atoms with Gasteiger partial charge in [0, 0.05) is 30.7 Å². The molecule has 1 saturated heterocycles. The molecule has 0 radical (unpaired) electrons. The van der Waals surface area contributed by atoms with Gasteiger partial charge >= 0.3 is 0 Å². The number of nitrogens with one attached hydrogen (secondary N) is 1. The highest BCUT2D eigenvalue weighted by Crippen LogP contribution is 2.22. The summed E-state index contributed by atoms with van der Waals surface area (Å²) in [5.41, 5.74) is 6.62. The van der Waals surface area contributed by atoms with E-state index >= 15 is 0 Å². The van der Waals surface area contributed by atoms with Gasteiger partial charge < -0.3 is 15.8 Å². The number of likely N-dealkylation sites (tertiary alicyclic amines) is 1. The number of rotatable bonds is 5. The molecule has 1 aliphatic heterocycles. The average molecular weight is 356 g/mol. The van der Waals surface area contributed by atoms with Crippen LogP contribution >= 0.6 is 15.9 Å². The van der Waals surface area contributed by atoms with Crippen molar-refractivity contribution < 1.29 is 9.53 Å². The van der Waals surface area contributed by atoms with E-state index in [1.54, 1.807) is 7.11 Å². The van der Waals surface area contributed by atoms with Gasteiger partial charge in [0.05, 0.1) is 18.3 Å². The third-order valence-electron chi connectivity index (χ3n) is 3.89. The largest absolute Gasteiger partial charge is 0.381 e. The average Bonchev–Trinajstić information content (AvgIpc) is 2.50. The van der Waals surface area contributed by atoms with Crippen LogP contribution in [0.3, 0.4) is 0 Å². The number of nitrogens with zero attached hydrogens (tertiary/aromatic N) is 1. The second kappa shape index (κ2) is 7.89. The molecule has 1 aromatic rings. The number of nitrogens with two attached hydrogens (primary N) is 1. The smallest absolute Gasteiger partial charge is 0.238 e. The molecule has 0 aliphatic carbocycles. The minimum atomic E-state index is -0.0174. The van der Waals surface area contributed by atoms with Gasteiger partial charge in [0.2, 0.25) is 5.91 Å². The number of methoxy groups -OCH3 is 1. The van der Waals surface area contributed by atoms with E-state index in [1.165, 1.54) is 0 Å². The number of hydrogen-bond acceptors (Lipinski definition) is 4. The Hall–Kier alpha value is -0.950. The molecule has 2 rings (SSSR count). The summed E-state index contributed by atoms with van der Waals surface area (Å²) in [5, 5.41) is 2.93. The highest BCUT2D eigenvalue weighted by molar-refractivity contribution is 9.10. The van der Waals surface area contributed by atoms with E-state index in [1.807, 2.05) is 24.3 Å². The second-order valence-corrected chi connectivity index (χ2v) is 6.12. The van der Waals surface area contributed by atoms with E-state index < -0.39 is 0 Å².